The maximum absolute atomic E-state index is 2.70. The van der Waals surface area contributed by atoms with Crippen LogP contribution in [-0.2, 0) is 0 Å². The molecule has 0 unspecified atom stereocenters. The van der Waals surface area contributed by atoms with Crippen molar-refractivity contribution in [2.45, 2.75) is 54.5 Å². The normalized spacial score (nSPS) is 16.9. The summed E-state index contributed by atoms with van der Waals surface area (Å²) < 4.78 is 0. The van der Waals surface area contributed by atoms with Gasteiger partial charge in [-0.05, 0) is 0 Å². The summed E-state index contributed by atoms with van der Waals surface area (Å²) in [4.78, 5) is 7.73. The molecule has 1 aliphatic rings. The zero-order valence-electron chi connectivity index (χ0n) is 10.1. The van der Waals surface area contributed by atoms with Gasteiger partial charge in [0.25, 0.3) is 0 Å². The second-order valence-electron chi connectivity index (χ2n) is 4.78. The van der Waals surface area contributed by atoms with Crippen molar-refractivity contribution in [3.63, 3.8) is 0 Å². The molecule has 0 aromatic heterocycles. The van der Waals surface area contributed by atoms with Crippen molar-refractivity contribution in [2.75, 3.05) is 19.6 Å². The monoisotopic (exact) mass is 253 g/mol. The van der Waals surface area contributed by atoms with Crippen LogP contribution in [0.3, 0.4) is 0 Å². The zero-order chi connectivity index (χ0) is 10.2. The van der Waals surface area contributed by atoms with Gasteiger partial charge in [-0.25, -0.2) is 0 Å². The molecule has 0 aromatic carbocycles. The summed E-state index contributed by atoms with van der Waals surface area (Å²) in [6.07, 6.45) is 5.81. The fraction of sp³-hybridized carbons (Fsp3) is 1.00. The third-order valence-electron chi connectivity index (χ3n) is 3.41. The van der Waals surface area contributed by atoms with E-state index >= 15 is 0 Å². The molecule has 0 saturated carbocycles. The van der Waals surface area contributed by atoms with Crippen molar-refractivity contribution in [2.24, 2.45) is 0 Å². The summed E-state index contributed by atoms with van der Waals surface area (Å²) in [7, 11) is 0. The molecule has 1 heterocycles. The third-order valence-corrected chi connectivity index (χ3v) is 10.8. The minimum absolute atomic E-state index is 0.680. The van der Waals surface area contributed by atoms with E-state index in [0.717, 1.165) is 0 Å². The standard InChI is InChI=1S/C8H18N.C4H8.Ga/c1-4-7-9(6-3)8-5-2;1-3-4-2;/h3-8H2,1-2H3;1-4H2;. The molecule has 0 bridgehead atoms. The predicted molar refractivity (Wildman–Crippen MR) is 66.4 cm³/mol. The summed E-state index contributed by atoms with van der Waals surface area (Å²) in [5.74, 6) is 0. The van der Waals surface area contributed by atoms with Gasteiger partial charge < -0.3 is 0 Å². The van der Waals surface area contributed by atoms with E-state index in [9.17, 15) is 0 Å². The van der Waals surface area contributed by atoms with Crippen LogP contribution in [0.4, 0.5) is 0 Å². The second kappa shape index (κ2) is 7.83. The average molecular weight is 254 g/mol. The Balaban J connectivity index is 2.10. The van der Waals surface area contributed by atoms with Crippen LogP contribution in [0.25, 0.3) is 0 Å². The molecule has 1 rings (SSSR count). The zero-order valence-corrected chi connectivity index (χ0v) is 12.5. The second-order valence-corrected chi connectivity index (χ2v) is 12.0. The molecule has 0 aromatic rings. The van der Waals surface area contributed by atoms with E-state index in [4.69, 9.17) is 0 Å². The van der Waals surface area contributed by atoms with Crippen molar-refractivity contribution in [1.29, 1.82) is 0 Å². The molecule has 0 atom stereocenters. The van der Waals surface area contributed by atoms with Crippen LogP contribution in [0.15, 0.2) is 0 Å². The van der Waals surface area contributed by atoms with E-state index in [1.807, 2.05) is 0 Å². The Morgan fingerprint density at radius 2 is 1.50 bits per heavy atom. The Bertz CT molecular complexity index is 126. The van der Waals surface area contributed by atoms with Crippen molar-refractivity contribution < 1.29 is 0 Å². The predicted octanol–water partition coefficient (Wildman–Crippen LogP) is 3.40. The summed E-state index contributed by atoms with van der Waals surface area (Å²) >= 11 is -0.680. The molecule has 2 heteroatoms. The molecule has 0 spiro atoms. The van der Waals surface area contributed by atoms with Crippen molar-refractivity contribution in [3.05, 3.63) is 0 Å². The van der Waals surface area contributed by atoms with Crippen LogP contribution >= 0.6 is 0 Å². The number of hydrogen-bond donors (Lipinski definition) is 0. The summed E-state index contributed by atoms with van der Waals surface area (Å²) in [6.45, 7) is 8.72. The van der Waals surface area contributed by atoms with E-state index in [2.05, 4.69) is 18.7 Å². The third kappa shape index (κ3) is 4.90. The molecule has 82 valence electrons. The van der Waals surface area contributed by atoms with Crippen molar-refractivity contribution >= 4 is 16.2 Å². The fourth-order valence-corrected chi connectivity index (χ4v) is 9.62. The first-order chi connectivity index (χ1) is 6.86. The van der Waals surface area contributed by atoms with E-state index < -0.39 is 16.2 Å². The summed E-state index contributed by atoms with van der Waals surface area (Å²) in [5, 5.41) is 0. The average Bonchev–Trinajstić information content (AvgIpc) is 2.67. The molecule has 1 nitrogen and oxygen atoms in total. The molecule has 1 aliphatic heterocycles. The van der Waals surface area contributed by atoms with Gasteiger partial charge in [-0.1, -0.05) is 0 Å². The number of nitrogens with zero attached hydrogens (tertiary/aromatic N) is 1. The van der Waals surface area contributed by atoms with E-state index in [-0.39, 0.29) is 0 Å². The van der Waals surface area contributed by atoms with Crippen LogP contribution in [0.5, 0.6) is 0 Å². The van der Waals surface area contributed by atoms with Gasteiger partial charge in [-0.2, -0.15) is 0 Å². The van der Waals surface area contributed by atoms with Gasteiger partial charge in [0, 0.05) is 0 Å². The van der Waals surface area contributed by atoms with Gasteiger partial charge in [0.2, 0.25) is 0 Å². The number of hydrogen-bond acceptors (Lipinski definition) is 1. The molecular formula is C12H26GaN. The quantitative estimate of drug-likeness (QED) is 0.629. The summed E-state index contributed by atoms with van der Waals surface area (Å²) in [6, 6.07) is 0. The van der Waals surface area contributed by atoms with Crippen molar-refractivity contribution in [3.8, 4) is 0 Å². The fourth-order valence-electron chi connectivity index (χ4n) is 2.63. The maximum atomic E-state index is 2.70. The van der Waals surface area contributed by atoms with Gasteiger partial charge >= 0.3 is 95.2 Å². The van der Waals surface area contributed by atoms with E-state index in [1.165, 1.54) is 32.5 Å². The van der Waals surface area contributed by atoms with Gasteiger partial charge in [0.15, 0.2) is 0 Å². The van der Waals surface area contributed by atoms with Crippen LogP contribution in [0, 0.1) is 0 Å². The van der Waals surface area contributed by atoms with Crippen LogP contribution in [0.1, 0.15) is 39.5 Å². The Hall–Kier alpha value is 0.596. The van der Waals surface area contributed by atoms with E-state index in [0.29, 0.717) is 0 Å². The van der Waals surface area contributed by atoms with Crippen LogP contribution < -0.4 is 0 Å². The molecule has 0 amide bonds. The van der Waals surface area contributed by atoms with Gasteiger partial charge in [0.05, 0.1) is 0 Å². The first kappa shape index (κ1) is 12.7. The van der Waals surface area contributed by atoms with Gasteiger partial charge in [0.1, 0.15) is 0 Å². The van der Waals surface area contributed by atoms with Crippen molar-refractivity contribution in [1.82, 2.24) is 4.90 Å². The molecule has 1 saturated heterocycles. The Morgan fingerprint density at radius 3 is 2.00 bits per heavy atom. The molecular weight excluding hydrogens is 228 g/mol. The van der Waals surface area contributed by atoms with Crippen LogP contribution in [-0.4, -0.2) is 40.8 Å². The minimum atomic E-state index is -0.680. The first-order valence-corrected chi connectivity index (χ1v) is 11.7. The van der Waals surface area contributed by atoms with E-state index in [1.54, 1.807) is 27.8 Å². The topological polar surface area (TPSA) is 3.24 Å². The molecule has 0 N–H and O–H groups in total. The molecule has 0 aliphatic carbocycles. The Kier molecular flexibility index (Phi) is 7.09. The Morgan fingerprint density at radius 1 is 0.929 bits per heavy atom. The molecule has 1 fully saturated rings. The molecule has 14 heavy (non-hydrogen) atoms. The first-order valence-electron chi connectivity index (χ1n) is 6.59. The molecule has 0 radical (unpaired) electrons. The van der Waals surface area contributed by atoms with Gasteiger partial charge in [-0.15, -0.1) is 0 Å². The van der Waals surface area contributed by atoms with Gasteiger partial charge in [-0.3, -0.25) is 0 Å². The Labute approximate surface area is 95.3 Å². The SMILES string of the molecule is CCCN(CCC)C[CH2][Ga]1[CH2]CC[CH2]1. The summed E-state index contributed by atoms with van der Waals surface area (Å²) in [5.41, 5.74) is 0. The van der Waals surface area contributed by atoms with Crippen LogP contribution in [0.2, 0.25) is 14.9 Å². The number of rotatable bonds is 7.